The average Bonchev–Trinajstić information content (AvgIpc) is 3.36. The topological polar surface area (TPSA) is 48.3 Å². The predicted molar refractivity (Wildman–Crippen MR) is 112 cm³/mol. The molecule has 28 heavy (non-hydrogen) atoms. The van der Waals surface area contributed by atoms with Gasteiger partial charge in [0.05, 0.1) is 11.6 Å². The molecule has 3 aliphatic rings. The molecule has 0 radical (unpaired) electrons. The second-order valence-corrected chi connectivity index (χ2v) is 10.5. The summed E-state index contributed by atoms with van der Waals surface area (Å²) in [6.45, 7) is 2.12. The van der Waals surface area contributed by atoms with Crippen LogP contribution in [-0.2, 0) is 16.1 Å². The highest BCUT2D eigenvalue weighted by Gasteiger charge is 2.55. The number of carbonyl (C=O) groups is 1. The van der Waals surface area contributed by atoms with Gasteiger partial charge in [-0.15, -0.1) is 11.8 Å². The minimum atomic E-state index is -0.344. The van der Waals surface area contributed by atoms with Crippen molar-refractivity contribution in [3.8, 4) is 0 Å². The fourth-order valence-corrected chi connectivity index (χ4v) is 8.74. The van der Waals surface area contributed by atoms with Crippen LogP contribution >= 0.6 is 34.7 Å². The zero-order valence-corrected chi connectivity index (χ0v) is 18.0. The van der Waals surface area contributed by atoms with E-state index >= 15 is 0 Å². The van der Waals surface area contributed by atoms with Crippen molar-refractivity contribution in [2.24, 2.45) is 17.8 Å². The highest BCUT2D eigenvalue weighted by atomic mass is 35.5. The van der Waals surface area contributed by atoms with Crippen LogP contribution in [0.15, 0.2) is 34.1 Å². The molecule has 2 fully saturated rings. The van der Waals surface area contributed by atoms with E-state index in [2.05, 4.69) is 12.1 Å². The van der Waals surface area contributed by atoms with Gasteiger partial charge in [-0.3, -0.25) is 14.2 Å². The number of thiazole rings is 1. The van der Waals surface area contributed by atoms with Crippen LogP contribution in [0.3, 0.4) is 0 Å². The molecule has 2 saturated carbocycles. The van der Waals surface area contributed by atoms with E-state index in [1.54, 1.807) is 11.5 Å². The molecule has 2 aliphatic carbocycles. The van der Waals surface area contributed by atoms with Crippen molar-refractivity contribution in [1.82, 2.24) is 4.57 Å². The summed E-state index contributed by atoms with van der Waals surface area (Å²) in [7, 11) is 0. The van der Waals surface area contributed by atoms with Gasteiger partial charge in [-0.25, -0.2) is 0 Å². The maximum Gasteiger partial charge on any atom is 0.326 e. The van der Waals surface area contributed by atoms with Gasteiger partial charge in [0.15, 0.2) is 0 Å². The van der Waals surface area contributed by atoms with Gasteiger partial charge in [-0.2, -0.15) is 0 Å². The Balaban J connectivity index is 1.61. The van der Waals surface area contributed by atoms with E-state index in [-0.39, 0.29) is 23.3 Å². The summed E-state index contributed by atoms with van der Waals surface area (Å²) in [6.07, 6.45) is 3.88. The molecule has 4 nitrogen and oxygen atoms in total. The Morgan fingerprint density at radius 3 is 2.75 bits per heavy atom. The molecule has 0 saturated heterocycles. The van der Waals surface area contributed by atoms with Gasteiger partial charge in [0.25, 0.3) is 0 Å². The van der Waals surface area contributed by atoms with Crippen molar-refractivity contribution >= 4 is 40.7 Å². The number of fused-ring (bicyclic) bond motifs is 6. The minimum absolute atomic E-state index is 0.00429. The third kappa shape index (κ3) is 2.96. The maximum atomic E-state index is 12.8. The highest BCUT2D eigenvalue weighted by molar-refractivity contribution is 8.00. The van der Waals surface area contributed by atoms with Crippen LogP contribution in [0.4, 0.5) is 0 Å². The second kappa shape index (κ2) is 7.22. The molecular weight excluding hydrogens is 414 g/mol. The molecule has 1 aromatic carbocycles. The molecule has 1 aromatic heterocycles. The molecule has 148 valence electrons. The fraction of sp³-hybridized carbons (Fsp3) is 0.524. The van der Waals surface area contributed by atoms with E-state index in [0.717, 1.165) is 20.8 Å². The zero-order chi connectivity index (χ0) is 19.4. The van der Waals surface area contributed by atoms with E-state index in [4.69, 9.17) is 16.3 Å². The van der Waals surface area contributed by atoms with Crippen LogP contribution in [0.5, 0.6) is 0 Å². The lowest BCUT2D eigenvalue weighted by atomic mass is 9.75. The fourth-order valence-electron chi connectivity index (χ4n) is 5.47. The number of nitrogens with zero attached hydrogens (tertiary/aromatic N) is 1. The average molecular weight is 436 g/mol. The molecule has 5 rings (SSSR count). The lowest BCUT2D eigenvalue weighted by Gasteiger charge is -2.40. The van der Waals surface area contributed by atoms with Crippen LogP contribution in [0.25, 0.3) is 0 Å². The first kappa shape index (κ1) is 18.8. The van der Waals surface area contributed by atoms with Crippen molar-refractivity contribution in [3.05, 3.63) is 49.4 Å². The SMILES string of the molecule is CCOC(=O)Cn1c2c(sc1=O)[C@@H](c1ccc(Cl)cc1)[C@H]1[C@H]3CC[C@@H](C3)[C@H]1S2. The second-order valence-electron chi connectivity index (χ2n) is 7.95. The molecule has 1 aliphatic heterocycles. The molecule has 7 heteroatoms. The third-order valence-corrected chi connectivity index (χ3v) is 9.59. The first-order valence-corrected chi connectivity index (χ1v) is 12.0. The number of esters is 1. The van der Waals surface area contributed by atoms with Crippen molar-refractivity contribution < 1.29 is 9.53 Å². The Labute approximate surface area is 177 Å². The Hall–Kier alpha value is -1.24. The normalized spacial score (nSPS) is 30.1. The summed E-state index contributed by atoms with van der Waals surface area (Å²) < 4.78 is 6.75. The largest absolute Gasteiger partial charge is 0.465 e. The number of halogens is 1. The Morgan fingerprint density at radius 2 is 2.00 bits per heavy atom. The van der Waals surface area contributed by atoms with Gasteiger partial charge in [-0.1, -0.05) is 35.1 Å². The maximum absolute atomic E-state index is 12.8. The number of benzene rings is 1. The molecule has 0 N–H and O–H groups in total. The summed E-state index contributed by atoms with van der Waals surface area (Å²) >= 11 is 9.28. The molecule has 5 atom stereocenters. The standard InChI is InChI=1S/C21H22ClNO3S2/c1-2-26-15(24)10-23-20-19(28-21(23)25)16(11-5-7-14(22)8-6-11)17-12-3-4-13(9-12)18(17)27-20/h5-8,12-13,16-18H,2-4,9-10H2,1H3/t12-,13-,16-,17+,18+/m0/s1. The summed E-state index contributed by atoms with van der Waals surface area (Å²) in [5.41, 5.74) is 1.23. The van der Waals surface area contributed by atoms with Crippen molar-refractivity contribution in [2.45, 2.75) is 48.9 Å². The van der Waals surface area contributed by atoms with Crippen LogP contribution in [0.1, 0.15) is 42.5 Å². The summed E-state index contributed by atoms with van der Waals surface area (Å²) in [5, 5.41) is 2.23. The van der Waals surface area contributed by atoms with Crippen LogP contribution in [0.2, 0.25) is 5.02 Å². The number of hydrogen-bond donors (Lipinski definition) is 0. The number of aromatic nitrogens is 1. The lowest BCUT2D eigenvalue weighted by molar-refractivity contribution is -0.144. The van der Waals surface area contributed by atoms with E-state index in [9.17, 15) is 9.59 Å². The number of thioether (sulfide) groups is 1. The summed E-state index contributed by atoms with van der Waals surface area (Å²) in [5.74, 6) is 1.88. The van der Waals surface area contributed by atoms with Crippen molar-refractivity contribution in [1.29, 1.82) is 0 Å². The Morgan fingerprint density at radius 1 is 1.25 bits per heavy atom. The van der Waals surface area contributed by atoms with Crippen molar-refractivity contribution in [3.63, 3.8) is 0 Å². The van der Waals surface area contributed by atoms with E-state index in [1.807, 2.05) is 23.9 Å². The van der Waals surface area contributed by atoms with Gasteiger partial charge in [-0.05, 0) is 61.6 Å². The lowest BCUT2D eigenvalue weighted by Crippen LogP contribution is -2.34. The molecular formula is C21H22ClNO3S2. The van der Waals surface area contributed by atoms with Crippen molar-refractivity contribution in [2.75, 3.05) is 6.61 Å². The zero-order valence-electron chi connectivity index (χ0n) is 15.6. The first-order valence-electron chi connectivity index (χ1n) is 9.88. The van der Waals surface area contributed by atoms with Gasteiger partial charge in [0.1, 0.15) is 6.54 Å². The van der Waals surface area contributed by atoms with E-state index < -0.39 is 0 Å². The predicted octanol–water partition coefficient (Wildman–Crippen LogP) is 4.78. The van der Waals surface area contributed by atoms with Crippen LogP contribution in [0, 0.1) is 17.8 Å². The number of ether oxygens (including phenoxy) is 1. The summed E-state index contributed by atoms with van der Waals surface area (Å²) in [6, 6.07) is 8.10. The Bertz CT molecular complexity index is 967. The first-order chi connectivity index (χ1) is 13.6. The monoisotopic (exact) mass is 435 g/mol. The van der Waals surface area contributed by atoms with Crippen LogP contribution < -0.4 is 4.87 Å². The van der Waals surface area contributed by atoms with Gasteiger partial charge < -0.3 is 4.74 Å². The molecule has 0 spiro atoms. The number of rotatable bonds is 4. The minimum Gasteiger partial charge on any atom is -0.465 e. The van der Waals surface area contributed by atoms with E-state index in [0.29, 0.717) is 23.7 Å². The van der Waals surface area contributed by atoms with Crippen LogP contribution in [-0.4, -0.2) is 22.4 Å². The smallest absolute Gasteiger partial charge is 0.326 e. The molecule has 2 bridgehead atoms. The molecule has 0 amide bonds. The number of carbonyl (C=O) groups excluding carboxylic acids is 1. The quantitative estimate of drug-likeness (QED) is 0.648. The highest BCUT2D eigenvalue weighted by Crippen LogP contribution is 2.64. The molecule has 0 unspecified atom stereocenters. The Kier molecular flexibility index (Phi) is 4.84. The van der Waals surface area contributed by atoms with Gasteiger partial charge in [0.2, 0.25) is 0 Å². The van der Waals surface area contributed by atoms with Gasteiger partial charge >= 0.3 is 10.8 Å². The molecule has 2 aromatic rings. The molecule has 2 heterocycles. The summed E-state index contributed by atoms with van der Waals surface area (Å²) in [4.78, 5) is 26.0. The number of hydrogen-bond acceptors (Lipinski definition) is 5. The third-order valence-electron chi connectivity index (χ3n) is 6.51. The van der Waals surface area contributed by atoms with Gasteiger partial charge in [0, 0.05) is 21.1 Å². The van der Waals surface area contributed by atoms with E-state index in [1.165, 1.54) is 36.2 Å².